The van der Waals surface area contributed by atoms with Crippen LogP contribution >= 0.6 is 35.0 Å². The molecule has 0 radical (unpaired) electrons. The van der Waals surface area contributed by atoms with E-state index in [2.05, 4.69) is 11.6 Å². The Morgan fingerprint density at radius 3 is 2.66 bits per heavy atom. The highest BCUT2D eigenvalue weighted by Crippen LogP contribution is 2.42. The van der Waals surface area contributed by atoms with Crippen molar-refractivity contribution in [1.82, 2.24) is 9.55 Å². The van der Waals surface area contributed by atoms with Crippen LogP contribution in [0.25, 0.3) is 5.70 Å². The minimum atomic E-state index is -1.34. The quantitative estimate of drug-likeness (QED) is 0.302. The molecular formula is C26H22Cl2F2N2OS2. The van der Waals surface area contributed by atoms with Gasteiger partial charge in [-0.05, 0) is 67.0 Å². The molecule has 3 aromatic rings. The van der Waals surface area contributed by atoms with E-state index in [1.165, 1.54) is 42.3 Å². The summed E-state index contributed by atoms with van der Waals surface area (Å²) in [6.45, 7) is 6.15. The SMILES string of the molecule is C=C1C=CC(F)=CCC(C)(c2ccc(Cl)c(Cl)c2)c2cnc(SCc3ccc(F)cc3S(C)=O)n21. The molecule has 35 heavy (non-hydrogen) atoms. The van der Waals surface area contributed by atoms with Gasteiger partial charge in [-0.2, -0.15) is 0 Å². The predicted molar refractivity (Wildman–Crippen MR) is 142 cm³/mol. The van der Waals surface area contributed by atoms with E-state index in [4.69, 9.17) is 23.2 Å². The second-order valence-electron chi connectivity index (χ2n) is 8.34. The van der Waals surface area contributed by atoms with Gasteiger partial charge in [0.15, 0.2) is 5.16 Å². The normalized spacial score (nSPS) is 18.9. The maximum Gasteiger partial charge on any atom is 0.173 e. The molecule has 4 rings (SSSR count). The molecule has 2 atom stereocenters. The first-order valence-electron chi connectivity index (χ1n) is 10.6. The fourth-order valence-corrected chi connectivity index (χ4v) is 6.18. The molecule has 0 amide bonds. The molecule has 0 spiro atoms. The molecule has 0 saturated carbocycles. The maximum absolute atomic E-state index is 14.5. The van der Waals surface area contributed by atoms with E-state index in [-0.39, 0.29) is 5.83 Å². The standard InChI is InChI=1S/C26H22Cl2F2N2OS2/c1-16-4-7-19(29)10-11-26(2,18-6-9-21(27)22(28)12-18)24-14-31-25(32(16)24)34-15-17-5-8-20(30)13-23(17)35(3)33/h4-10,12-14H,1,11,15H2,2-3H3. The monoisotopic (exact) mass is 550 g/mol. The molecule has 0 saturated heterocycles. The van der Waals surface area contributed by atoms with Crippen LogP contribution in [0.2, 0.25) is 10.0 Å². The summed E-state index contributed by atoms with van der Waals surface area (Å²) in [5.74, 6) is -0.387. The van der Waals surface area contributed by atoms with Crippen molar-refractivity contribution in [2.24, 2.45) is 0 Å². The Labute approximate surface area is 220 Å². The zero-order chi connectivity index (χ0) is 25.3. The first-order valence-corrected chi connectivity index (χ1v) is 13.9. The third kappa shape index (κ3) is 5.33. The number of aromatic nitrogens is 2. The molecule has 1 aliphatic heterocycles. The lowest BCUT2D eigenvalue weighted by Gasteiger charge is -2.31. The Hall–Kier alpha value is -2.19. The number of rotatable bonds is 5. The van der Waals surface area contributed by atoms with Crippen LogP contribution in [0.1, 0.15) is 30.2 Å². The van der Waals surface area contributed by atoms with E-state index in [0.29, 0.717) is 38.0 Å². The van der Waals surface area contributed by atoms with Crippen LogP contribution in [-0.4, -0.2) is 20.0 Å². The van der Waals surface area contributed by atoms with Gasteiger partial charge in [0, 0.05) is 28.0 Å². The van der Waals surface area contributed by atoms with Crippen molar-refractivity contribution >= 4 is 51.5 Å². The van der Waals surface area contributed by atoms with Crippen LogP contribution < -0.4 is 0 Å². The Morgan fingerprint density at radius 1 is 1.17 bits per heavy atom. The topological polar surface area (TPSA) is 34.9 Å². The number of fused-ring (bicyclic) bond motifs is 1. The van der Waals surface area contributed by atoms with Gasteiger partial charge in [0.05, 0.1) is 32.7 Å². The first kappa shape index (κ1) is 25.9. The molecule has 182 valence electrons. The molecule has 9 heteroatoms. The van der Waals surface area contributed by atoms with E-state index in [9.17, 15) is 13.0 Å². The number of hydrogen-bond acceptors (Lipinski definition) is 3. The van der Waals surface area contributed by atoms with E-state index in [1.54, 1.807) is 30.5 Å². The van der Waals surface area contributed by atoms with Crippen LogP contribution in [0.3, 0.4) is 0 Å². The molecule has 2 heterocycles. The summed E-state index contributed by atoms with van der Waals surface area (Å²) in [4.78, 5) is 5.10. The van der Waals surface area contributed by atoms with Crippen molar-refractivity contribution in [2.45, 2.75) is 34.6 Å². The van der Waals surface area contributed by atoms with Gasteiger partial charge in [0.1, 0.15) is 11.6 Å². The number of thioether (sulfide) groups is 1. The van der Waals surface area contributed by atoms with Gasteiger partial charge in [0.25, 0.3) is 0 Å². The lowest BCUT2D eigenvalue weighted by molar-refractivity contribution is 0.538. The Balaban J connectivity index is 1.80. The van der Waals surface area contributed by atoms with Crippen molar-refractivity contribution in [3.8, 4) is 0 Å². The van der Waals surface area contributed by atoms with E-state index >= 15 is 0 Å². The van der Waals surface area contributed by atoms with Gasteiger partial charge >= 0.3 is 0 Å². The van der Waals surface area contributed by atoms with Crippen LogP contribution in [-0.2, 0) is 22.0 Å². The van der Waals surface area contributed by atoms with Gasteiger partial charge in [-0.3, -0.25) is 8.78 Å². The van der Waals surface area contributed by atoms with Gasteiger partial charge in [-0.1, -0.05) is 53.7 Å². The van der Waals surface area contributed by atoms with Crippen LogP contribution in [0.15, 0.2) is 83.3 Å². The highest BCUT2D eigenvalue weighted by molar-refractivity contribution is 7.98. The largest absolute Gasteiger partial charge is 0.292 e. The smallest absolute Gasteiger partial charge is 0.173 e. The third-order valence-corrected chi connectivity index (χ3v) is 8.71. The number of hydrogen-bond donors (Lipinski definition) is 0. The molecule has 3 nitrogen and oxygen atoms in total. The van der Waals surface area contributed by atoms with E-state index in [1.807, 2.05) is 17.6 Å². The number of nitrogens with zero attached hydrogens (tertiary/aromatic N) is 2. The summed E-state index contributed by atoms with van der Waals surface area (Å²) in [5, 5.41) is 1.46. The minimum Gasteiger partial charge on any atom is -0.292 e. The molecule has 1 aliphatic rings. The molecule has 0 bridgehead atoms. The van der Waals surface area contributed by atoms with Gasteiger partial charge in [0.2, 0.25) is 0 Å². The zero-order valence-corrected chi connectivity index (χ0v) is 22.2. The Morgan fingerprint density at radius 2 is 1.94 bits per heavy atom. The fourth-order valence-electron chi connectivity index (χ4n) is 3.99. The summed E-state index contributed by atoms with van der Waals surface area (Å²) >= 11 is 13.9. The number of halogens is 4. The molecule has 0 fully saturated rings. The molecule has 2 unspecified atom stereocenters. The van der Waals surface area contributed by atoms with Crippen molar-refractivity contribution in [2.75, 3.05) is 6.26 Å². The van der Waals surface area contributed by atoms with Crippen molar-refractivity contribution in [3.05, 3.63) is 106 Å². The summed E-state index contributed by atoms with van der Waals surface area (Å²) < 4.78 is 42.3. The number of benzene rings is 2. The number of allylic oxidation sites excluding steroid dienone is 5. The average molecular weight is 552 g/mol. The van der Waals surface area contributed by atoms with Gasteiger partial charge in [-0.15, -0.1) is 0 Å². The third-order valence-electron chi connectivity index (χ3n) is 5.97. The highest BCUT2D eigenvalue weighted by Gasteiger charge is 2.34. The first-order chi connectivity index (χ1) is 16.6. The van der Waals surface area contributed by atoms with Crippen molar-refractivity contribution < 1.29 is 13.0 Å². The average Bonchev–Trinajstić information content (AvgIpc) is 3.27. The lowest BCUT2D eigenvalue weighted by atomic mass is 9.76. The highest BCUT2D eigenvalue weighted by atomic mass is 35.5. The van der Waals surface area contributed by atoms with E-state index in [0.717, 1.165) is 16.8 Å². The summed E-state index contributed by atoms with van der Waals surface area (Å²) in [7, 11) is -1.34. The summed E-state index contributed by atoms with van der Waals surface area (Å²) in [5.41, 5.74) is 2.25. The van der Waals surface area contributed by atoms with Crippen molar-refractivity contribution in [1.29, 1.82) is 0 Å². The van der Waals surface area contributed by atoms with E-state index < -0.39 is 22.0 Å². The molecule has 2 aromatic carbocycles. The van der Waals surface area contributed by atoms with Crippen LogP contribution in [0.4, 0.5) is 8.78 Å². The lowest BCUT2D eigenvalue weighted by Crippen LogP contribution is -2.26. The second kappa shape index (κ2) is 10.4. The Bertz CT molecular complexity index is 1400. The molecule has 0 aliphatic carbocycles. The predicted octanol–water partition coefficient (Wildman–Crippen LogP) is 7.95. The van der Waals surface area contributed by atoms with Gasteiger partial charge < -0.3 is 0 Å². The van der Waals surface area contributed by atoms with Crippen LogP contribution in [0, 0.1) is 5.82 Å². The van der Waals surface area contributed by atoms with Gasteiger partial charge in [-0.25, -0.2) is 13.8 Å². The van der Waals surface area contributed by atoms with Crippen molar-refractivity contribution in [3.63, 3.8) is 0 Å². The molecular weight excluding hydrogens is 529 g/mol. The molecule has 1 aromatic heterocycles. The summed E-state index contributed by atoms with van der Waals surface area (Å²) in [6, 6.07) is 9.67. The zero-order valence-electron chi connectivity index (χ0n) is 19.0. The maximum atomic E-state index is 14.5. The molecule has 0 N–H and O–H groups in total. The number of imidazole rings is 1. The second-order valence-corrected chi connectivity index (χ2v) is 11.4. The minimum absolute atomic E-state index is 0.348. The Kier molecular flexibility index (Phi) is 7.71. The van der Waals surface area contributed by atoms with Crippen LogP contribution in [0.5, 0.6) is 0 Å². The fraction of sp³-hybridized carbons (Fsp3) is 0.192. The summed E-state index contributed by atoms with van der Waals surface area (Å²) in [6.07, 6.45) is 8.13.